The van der Waals surface area contributed by atoms with Crippen molar-refractivity contribution >= 4 is 5.91 Å². The summed E-state index contributed by atoms with van der Waals surface area (Å²) in [6.45, 7) is 6.85. The Morgan fingerprint density at radius 2 is 2.20 bits per heavy atom. The number of hydrogen-bond acceptors (Lipinski definition) is 3. The third-order valence-corrected chi connectivity index (χ3v) is 3.72. The van der Waals surface area contributed by atoms with Gasteiger partial charge in [-0.1, -0.05) is 12.1 Å². The molecule has 1 saturated heterocycles. The van der Waals surface area contributed by atoms with Gasteiger partial charge in [-0.3, -0.25) is 4.79 Å². The smallest absolute Gasteiger partial charge is 0.260 e. The predicted molar refractivity (Wildman–Crippen MR) is 77.8 cm³/mol. The van der Waals surface area contributed by atoms with E-state index in [4.69, 9.17) is 4.74 Å². The number of aliphatic hydroxyl groups is 1. The van der Waals surface area contributed by atoms with Crippen LogP contribution in [0.1, 0.15) is 30.9 Å². The second kappa shape index (κ2) is 5.83. The topological polar surface area (TPSA) is 49.8 Å². The summed E-state index contributed by atoms with van der Waals surface area (Å²) in [5.74, 6) is 0.688. The largest absolute Gasteiger partial charge is 0.483 e. The number of ether oxygens (including phenoxy) is 1. The molecule has 0 spiro atoms. The first-order valence-corrected chi connectivity index (χ1v) is 7.08. The molecule has 4 nitrogen and oxygen atoms in total. The maximum atomic E-state index is 12.1. The highest BCUT2D eigenvalue weighted by molar-refractivity contribution is 5.78. The standard InChI is InChI=1S/C16H23NO3/c1-12-5-6-13(2)14(9-12)20-10-15(18)17-8-4-7-16(3,19)11-17/h5-6,9,19H,4,7-8,10-11H2,1-3H3. The Balaban J connectivity index is 1.93. The number of piperidine rings is 1. The van der Waals surface area contributed by atoms with Crippen molar-refractivity contribution in [1.29, 1.82) is 0 Å². The molecule has 1 N–H and O–H groups in total. The Labute approximate surface area is 120 Å². The van der Waals surface area contributed by atoms with Crippen molar-refractivity contribution in [1.82, 2.24) is 4.90 Å². The maximum Gasteiger partial charge on any atom is 0.260 e. The summed E-state index contributed by atoms with van der Waals surface area (Å²) < 4.78 is 5.63. The van der Waals surface area contributed by atoms with Gasteiger partial charge in [-0.25, -0.2) is 0 Å². The second-order valence-corrected chi connectivity index (χ2v) is 5.97. The van der Waals surface area contributed by atoms with Crippen LogP contribution in [0.15, 0.2) is 18.2 Å². The average Bonchev–Trinajstić information content (AvgIpc) is 2.38. The number of carbonyl (C=O) groups excluding carboxylic acids is 1. The normalized spacial score (nSPS) is 22.7. The highest BCUT2D eigenvalue weighted by Gasteiger charge is 2.30. The maximum absolute atomic E-state index is 12.1. The zero-order valence-electron chi connectivity index (χ0n) is 12.5. The Hall–Kier alpha value is -1.55. The van der Waals surface area contributed by atoms with E-state index in [1.807, 2.05) is 32.0 Å². The molecular weight excluding hydrogens is 254 g/mol. The number of carbonyl (C=O) groups is 1. The molecule has 1 aromatic rings. The molecule has 110 valence electrons. The van der Waals surface area contributed by atoms with Crippen molar-refractivity contribution in [2.24, 2.45) is 0 Å². The third kappa shape index (κ3) is 3.73. The molecule has 1 unspecified atom stereocenters. The fourth-order valence-electron chi connectivity index (χ4n) is 2.53. The Morgan fingerprint density at radius 1 is 1.45 bits per heavy atom. The van der Waals surface area contributed by atoms with Crippen LogP contribution in [-0.2, 0) is 4.79 Å². The lowest BCUT2D eigenvalue weighted by molar-refractivity contribution is -0.139. The Morgan fingerprint density at radius 3 is 2.90 bits per heavy atom. The Bertz CT molecular complexity index is 496. The first kappa shape index (κ1) is 14.9. The summed E-state index contributed by atoms with van der Waals surface area (Å²) in [6, 6.07) is 5.95. The number of hydrogen-bond donors (Lipinski definition) is 1. The first-order chi connectivity index (χ1) is 9.37. The monoisotopic (exact) mass is 277 g/mol. The van der Waals surface area contributed by atoms with Gasteiger partial charge in [0.25, 0.3) is 5.91 Å². The van der Waals surface area contributed by atoms with Gasteiger partial charge < -0.3 is 14.7 Å². The van der Waals surface area contributed by atoms with Crippen molar-refractivity contribution in [3.05, 3.63) is 29.3 Å². The molecule has 1 aliphatic rings. The highest BCUT2D eigenvalue weighted by atomic mass is 16.5. The summed E-state index contributed by atoms with van der Waals surface area (Å²) in [4.78, 5) is 13.8. The minimum atomic E-state index is -0.771. The number of benzene rings is 1. The van der Waals surface area contributed by atoms with Gasteiger partial charge >= 0.3 is 0 Å². The van der Waals surface area contributed by atoms with E-state index in [1.165, 1.54) is 0 Å². The molecule has 2 rings (SSSR count). The summed E-state index contributed by atoms with van der Waals surface area (Å²) in [5.41, 5.74) is 1.36. The van der Waals surface area contributed by atoms with Gasteiger partial charge in [0.15, 0.2) is 6.61 Å². The van der Waals surface area contributed by atoms with Crippen LogP contribution in [0, 0.1) is 13.8 Å². The molecule has 1 fully saturated rings. The lowest BCUT2D eigenvalue weighted by atomic mass is 9.95. The van der Waals surface area contributed by atoms with Crippen LogP contribution in [0.25, 0.3) is 0 Å². The van der Waals surface area contributed by atoms with E-state index < -0.39 is 5.60 Å². The number of nitrogens with zero attached hydrogens (tertiary/aromatic N) is 1. The third-order valence-electron chi connectivity index (χ3n) is 3.72. The zero-order valence-corrected chi connectivity index (χ0v) is 12.5. The van der Waals surface area contributed by atoms with E-state index in [0.29, 0.717) is 13.1 Å². The predicted octanol–water partition coefficient (Wildman–Crippen LogP) is 2.06. The molecule has 1 aliphatic heterocycles. The molecule has 4 heteroatoms. The van der Waals surface area contributed by atoms with E-state index in [1.54, 1.807) is 11.8 Å². The lowest BCUT2D eigenvalue weighted by Gasteiger charge is -2.36. The molecule has 0 aromatic heterocycles. The van der Waals surface area contributed by atoms with Gasteiger partial charge in [0, 0.05) is 13.1 Å². The molecule has 1 aromatic carbocycles. The molecule has 1 amide bonds. The van der Waals surface area contributed by atoms with Crippen LogP contribution in [0.2, 0.25) is 0 Å². The van der Waals surface area contributed by atoms with Crippen molar-refractivity contribution in [2.75, 3.05) is 19.7 Å². The fourth-order valence-corrected chi connectivity index (χ4v) is 2.53. The molecule has 0 radical (unpaired) electrons. The van der Waals surface area contributed by atoms with E-state index in [9.17, 15) is 9.90 Å². The van der Waals surface area contributed by atoms with Crippen molar-refractivity contribution in [3.63, 3.8) is 0 Å². The number of rotatable bonds is 3. The van der Waals surface area contributed by atoms with E-state index in [2.05, 4.69) is 0 Å². The zero-order chi connectivity index (χ0) is 14.8. The molecule has 20 heavy (non-hydrogen) atoms. The number of likely N-dealkylation sites (tertiary alicyclic amines) is 1. The minimum Gasteiger partial charge on any atom is -0.483 e. The van der Waals surface area contributed by atoms with Crippen molar-refractivity contribution in [2.45, 2.75) is 39.2 Å². The van der Waals surface area contributed by atoms with Crippen LogP contribution in [0.5, 0.6) is 5.75 Å². The summed E-state index contributed by atoms with van der Waals surface area (Å²) in [7, 11) is 0. The molecule has 1 heterocycles. The van der Waals surface area contributed by atoms with Crippen molar-refractivity contribution < 1.29 is 14.6 Å². The molecule has 0 saturated carbocycles. The van der Waals surface area contributed by atoms with E-state index >= 15 is 0 Å². The van der Waals surface area contributed by atoms with Crippen LogP contribution >= 0.6 is 0 Å². The van der Waals surface area contributed by atoms with E-state index in [0.717, 1.165) is 29.7 Å². The van der Waals surface area contributed by atoms with Gasteiger partial charge in [0.05, 0.1) is 5.60 Å². The minimum absolute atomic E-state index is 0.0281. The van der Waals surface area contributed by atoms with Gasteiger partial charge in [-0.05, 0) is 50.8 Å². The summed E-state index contributed by atoms with van der Waals surface area (Å²) in [5, 5.41) is 10.0. The fraction of sp³-hybridized carbons (Fsp3) is 0.562. The molecular formula is C16H23NO3. The number of amides is 1. The van der Waals surface area contributed by atoms with Gasteiger partial charge in [0.1, 0.15) is 5.75 Å². The van der Waals surface area contributed by atoms with Crippen LogP contribution in [0.3, 0.4) is 0 Å². The quantitative estimate of drug-likeness (QED) is 0.920. The number of aryl methyl sites for hydroxylation is 2. The second-order valence-electron chi connectivity index (χ2n) is 5.97. The molecule has 0 bridgehead atoms. The van der Waals surface area contributed by atoms with E-state index in [-0.39, 0.29) is 12.5 Å². The first-order valence-electron chi connectivity index (χ1n) is 7.08. The Kier molecular flexibility index (Phi) is 4.33. The van der Waals surface area contributed by atoms with Crippen LogP contribution in [-0.4, -0.2) is 41.2 Å². The average molecular weight is 277 g/mol. The van der Waals surface area contributed by atoms with Crippen LogP contribution in [0.4, 0.5) is 0 Å². The summed E-state index contributed by atoms with van der Waals surface area (Å²) >= 11 is 0. The van der Waals surface area contributed by atoms with Crippen molar-refractivity contribution in [3.8, 4) is 5.75 Å². The molecule has 1 atom stereocenters. The van der Waals surface area contributed by atoms with Crippen LogP contribution < -0.4 is 4.74 Å². The van der Waals surface area contributed by atoms with Gasteiger partial charge in [-0.15, -0.1) is 0 Å². The molecule has 0 aliphatic carbocycles. The highest BCUT2D eigenvalue weighted by Crippen LogP contribution is 2.22. The number of β-amino-alcohol motifs (C(OH)–C–C–N with tert-alkyl or cyclic N) is 1. The van der Waals surface area contributed by atoms with Gasteiger partial charge in [-0.2, -0.15) is 0 Å². The lowest BCUT2D eigenvalue weighted by Crippen LogP contribution is -2.49. The SMILES string of the molecule is Cc1ccc(C)c(OCC(=O)N2CCCC(C)(O)C2)c1. The summed E-state index contributed by atoms with van der Waals surface area (Å²) in [6.07, 6.45) is 1.58. The van der Waals surface area contributed by atoms with Gasteiger partial charge in [0.2, 0.25) is 0 Å².